The zero-order valence-electron chi connectivity index (χ0n) is 19.5. The first kappa shape index (κ1) is 26.8. The maximum Gasteiger partial charge on any atom is 0.308 e. The Morgan fingerprint density at radius 1 is 1.06 bits per heavy atom. The molecule has 1 aliphatic rings. The second kappa shape index (κ2) is 11.7. The van der Waals surface area contributed by atoms with Gasteiger partial charge in [-0.25, -0.2) is 8.42 Å². The van der Waals surface area contributed by atoms with E-state index < -0.39 is 38.8 Å². The minimum absolute atomic E-state index is 0.0596. The van der Waals surface area contributed by atoms with Gasteiger partial charge in [-0.3, -0.25) is 24.5 Å². The summed E-state index contributed by atoms with van der Waals surface area (Å²) < 4.78 is 31.7. The smallest absolute Gasteiger partial charge is 0.308 e. The topological polar surface area (TPSA) is 165 Å². The van der Waals surface area contributed by atoms with Crippen LogP contribution in [0.15, 0.2) is 53.4 Å². The molecule has 13 heteroatoms. The van der Waals surface area contributed by atoms with Gasteiger partial charge < -0.3 is 15.4 Å². The number of nitro groups is 1. The molecular weight excluding hydrogens is 492 g/mol. The van der Waals surface area contributed by atoms with E-state index >= 15 is 0 Å². The Balaban J connectivity index is 1.43. The molecule has 1 atom stereocenters. The molecule has 2 aromatic rings. The highest BCUT2D eigenvalue weighted by Crippen LogP contribution is 2.22. The molecule has 0 saturated carbocycles. The van der Waals surface area contributed by atoms with E-state index in [2.05, 4.69) is 10.6 Å². The largest absolute Gasteiger partial charge is 0.452 e. The molecule has 1 fully saturated rings. The molecule has 0 aliphatic carbocycles. The first-order valence-electron chi connectivity index (χ1n) is 11.2. The number of anilines is 1. The Morgan fingerprint density at radius 2 is 1.67 bits per heavy atom. The Kier molecular flexibility index (Phi) is 8.72. The quantitative estimate of drug-likeness (QED) is 0.274. The summed E-state index contributed by atoms with van der Waals surface area (Å²) in [6, 6.07) is 10.7. The van der Waals surface area contributed by atoms with Crippen molar-refractivity contribution in [3.05, 3.63) is 64.2 Å². The highest BCUT2D eigenvalue weighted by molar-refractivity contribution is 7.89. The minimum atomic E-state index is -3.56. The second-order valence-electron chi connectivity index (χ2n) is 8.07. The third-order valence-corrected chi connectivity index (χ3v) is 7.37. The molecule has 1 heterocycles. The van der Waals surface area contributed by atoms with E-state index in [0.29, 0.717) is 18.8 Å². The fraction of sp³-hybridized carbons (Fsp3) is 0.348. The number of sulfonamides is 1. The molecule has 192 valence electrons. The van der Waals surface area contributed by atoms with Crippen molar-refractivity contribution in [2.24, 2.45) is 0 Å². The molecule has 0 bridgehead atoms. The van der Waals surface area contributed by atoms with Crippen molar-refractivity contribution >= 4 is 39.2 Å². The van der Waals surface area contributed by atoms with E-state index in [-0.39, 0.29) is 29.1 Å². The lowest BCUT2D eigenvalue weighted by Gasteiger charge is -2.16. The zero-order valence-corrected chi connectivity index (χ0v) is 20.3. The fourth-order valence-corrected chi connectivity index (χ4v) is 4.97. The third kappa shape index (κ3) is 6.86. The third-order valence-electron chi connectivity index (χ3n) is 5.46. The number of hydrogen-bond donors (Lipinski definition) is 2. The van der Waals surface area contributed by atoms with Gasteiger partial charge in [0, 0.05) is 43.0 Å². The number of nitro benzene ring substituents is 1. The Morgan fingerprint density at radius 3 is 2.25 bits per heavy atom. The normalized spacial score (nSPS) is 14.6. The van der Waals surface area contributed by atoms with Crippen LogP contribution >= 0.6 is 0 Å². The predicted octanol–water partition coefficient (Wildman–Crippen LogP) is 2.07. The number of amides is 2. The minimum Gasteiger partial charge on any atom is -0.452 e. The van der Waals surface area contributed by atoms with Crippen molar-refractivity contribution in [2.75, 3.05) is 25.0 Å². The van der Waals surface area contributed by atoms with Gasteiger partial charge in [-0.2, -0.15) is 4.31 Å². The van der Waals surface area contributed by atoms with Gasteiger partial charge in [-0.1, -0.05) is 0 Å². The number of non-ortho nitro benzene ring substituents is 1. The number of nitrogens with one attached hydrogen (secondary N) is 2. The van der Waals surface area contributed by atoms with Crippen molar-refractivity contribution in [3.8, 4) is 0 Å². The average Bonchev–Trinajstić information content (AvgIpc) is 3.40. The van der Waals surface area contributed by atoms with E-state index in [9.17, 15) is 32.9 Å². The highest BCUT2D eigenvalue weighted by Gasteiger charge is 2.27. The van der Waals surface area contributed by atoms with Crippen molar-refractivity contribution in [1.29, 1.82) is 0 Å². The summed E-state index contributed by atoms with van der Waals surface area (Å²) >= 11 is 0. The fourth-order valence-electron chi connectivity index (χ4n) is 3.46. The molecule has 1 aliphatic heterocycles. The van der Waals surface area contributed by atoms with Crippen molar-refractivity contribution in [2.45, 2.75) is 37.2 Å². The number of esters is 1. The van der Waals surface area contributed by atoms with Gasteiger partial charge in [0.1, 0.15) is 0 Å². The van der Waals surface area contributed by atoms with Crippen molar-refractivity contribution < 1.29 is 32.5 Å². The molecule has 3 rings (SSSR count). The van der Waals surface area contributed by atoms with E-state index in [1.54, 1.807) is 0 Å². The van der Waals surface area contributed by atoms with Gasteiger partial charge in [-0.15, -0.1) is 0 Å². The average molecular weight is 519 g/mol. The summed E-state index contributed by atoms with van der Waals surface area (Å²) in [5, 5.41) is 15.7. The van der Waals surface area contributed by atoms with Crippen molar-refractivity contribution in [3.63, 3.8) is 0 Å². The van der Waals surface area contributed by atoms with Crippen LogP contribution in [0.25, 0.3) is 0 Å². The molecular formula is C23H26N4O8S. The summed E-state index contributed by atoms with van der Waals surface area (Å²) in [5.41, 5.74) is 0.394. The molecule has 1 saturated heterocycles. The Bertz CT molecular complexity index is 1220. The first-order valence-corrected chi connectivity index (χ1v) is 12.6. The van der Waals surface area contributed by atoms with Gasteiger partial charge in [-0.05, 0) is 56.2 Å². The zero-order chi connectivity index (χ0) is 26.3. The number of hydrogen-bond acceptors (Lipinski definition) is 8. The van der Waals surface area contributed by atoms with Gasteiger partial charge in [0.2, 0.25) is 10.0 Å². The maximum atomic E-state index is 12.6. The van der Waals surface area contributed by atoms with E-state index in [1.165, 1.54) is 59.8 Å². The summed E-state index contributed by atoms with van der Waals surface area (Å²) in [6.45, 7) is 2.31. The maximum absolute atomic E-state index is 12.6. The molecule has 0 spiro atoms. The number of benzene rings is 2. The lowest BCUT2D eigenvalue weighted by Crippen LogP contribution is -2.32. The van der Waals surface area contributed by atoms with Crippen LogP contribution in [-0.2, 0) is 24.3 Å². The van der Waals surface area contributed by atoms with E-state index in [1.807, 2.05) is 0 Å². The molecule has 0 radical (unpaired) electrons. The Hall–Kier alpha value is -3.84. The molecule has 2 aromatic carbocycles. The summed E-state index contributed by atoms with van der Waals surface area (Å²) in [5.74, 6) is -1.83. The monoisotopic (exact) mass is 518 g/mol. The molecule has 36 heavy (non-hydrogen) atoms. The van der Waals surface area contributed by atoms with Crippen LogP contribution in [0.3, 0.4) is 0 Å². The highest BCUT2D eigenvalue weighted by atomic mass is 32.2. The lowest BCUT2D eigenvalue weighted by molar-refractivity contribution is -0.384. The SMILES string of the molecule is C[C@H](OC(=O)CCNC(=O)c1ccc([N+](=O)[O-])cc1)C(=O)Nc1ccc(S(=O)(=O)N2CCCC2)cc1. The van der Waals surface area contributed by atoms with Crippen LogP contribution in [0.1, 0.15) is 36.5 Å². The molecule has 12 nitrogen and oxygen atoms in total. The summed E-state index contributed by atoms with van der Waals surface area (Å²) in [4.78, 5) is 46.7. The molecule has 0 unspecified atom stereocenters. The Labute approximate surface area is 207 Å². The molecule has 2 N–H and O–H groups in total. The predicted molar refractivity (Wildman–Crippen MR) is 129 cm³/mol. The number of carbonyl (C=O) groups excluding carboxylic acids is 3. The number of carbonyl (C=O) groups is 3. The van der Waals surface area contributed by atoms with E-state index in [4.69, 9.17) is 4.74 Å². The first-order chi connectivity index (χ1) is 17.1. The number of ether oxygens (including phenoxy) is 1. The van der Waals surface area contributed by atoms with Gasteiger partial charge >= 0.3 is 5.97 Å². The van der Waals surface area contributed by atoms with Gasteiger partial charge in [0.25, 0.3) is 17.5 Å². The molecule has 0 aromatic heterocycles. The van der Waals surface area contributed by atoms with Gasteiger partial charge in [0.05, 0.1) is 16.2 Å². The van der Waals surface area contributed by atoms with Crippen LogP contribution in [0.4, 0.5) is 11.4 Å². The van der Waals surface area contributed by atoms with Crippen LogP contribution in [-0.4, -0.2) is 61.2 Å². The van der Waals surface area contributed by atoms with Crippen LogP contribution in [0.2, 0.25) is 0 Å². The number of rotatable bonds is 10. The second-order valence-corrected chi connectivity index (χ2v) is 10.0. The van der Waals surface area contributed by atoms with E-state index in [0.717, 1.165) is 12.8 Å². The standard InChI is InChI=1S/C23H26N4O8S/c1-16(35-21(28)12-13-24-23(30)17-4-8-19(9-5-17)27(31)32)22(29)25-18-6-10-20(11-7-18)36(33,34)26-14-2-3-15-26/h4-11,16H,2-3,12-15H2,1H3,(H,24,30)(H,25,29)/t16-/m0/s1. The van der Waals surface area contributed by atoms with Gasteiger partial charge in [0.15, 0.2) is 6.10 Å². The number of nitrogens with zero attached hydrogens (tertiary/aromatic N) is 2. The summed E-state index contributed by atoms with van der Waals surface area (Å²) in [7, 11) is -3.56. The summed E-state index contributed by atoms with van der Waals surface area (Å²) in [6.07, 6.45) is 0.335. The van der Waals surface area contributed by atoms with Crippen molar-refractivity contribution in [1.82, 2.24) is 9.62 Å². The van der Waals surface area contributed by atoms with Crippen LogP contribution in [0.5, 0.6) is 0 Å². The van der Waals surface area contributed by atoms with Crippen LogP contribution < -0.4 is 10.6 Å². The van der Waals surface area contributed by atoms with Crippen LogP contribution in [0, 0.1) is 10.1 Å². The molecule has 2 amide bonds. The lowest BCUT2D eigenvalue weighted by atomic mass is 10.2.